The minimum Gasteiger partial charge on any atom is -0.400 e. The second-order valence-corrected chi connectivity index (χ2v) is 30.6. The Balaban J connectivity index is 0.000000161. The van der Waals surface area contributed by atoms with Gasteiger partial charge >= 0.3 is 0 Å². The maximum atomic E-state index is 7.63. The first-order valence-electron chi connectivity index (χ1n) is 24.6. The van der Waals surface area contributed by atoms with Gasteiger partial charge in [0.1, 0.15) is 0 Å². The lowest BCUT2D eigenvalue weighted by atomic mass is 10.0. The summed E-state index contributed by atoms with van der Waals surface area (Å²) in [6.45, 7) is 19.5. The Kier molecular flexibility index (Phi) is 12.8. The van der Waals surface area contributed by atoms with E-state index in [2.05, 4.69) is 257 Å². The molecule has 11 rings (SSSR count). The molecule has 0 spiro atoms. The summed E-state index contributed by atoms with van der Waals surface area (Å²) in [6, 6.07) is 67.0. The van der Waals surface area contributed by atoms with E-state index in [1.54, 1.807) is 0 Å². The van der Waals surface area contributed by atoms with Gasteiger partial charge in [-0.05, 0) is 88.3 Å². The molecule has 8 aromatic carbocycles. The van der Waals surface area contributed by atoms with Crippen molar-refractivity contribution in [2.75, 3.05) is 24.5 Å². The van der Waals surface area contributed by atoms with Crippen molar-refractivity contribution in [3.63, 3.8) is 0 Å². The van der Waals surface area contributed by atoms with E-state index >= 15 is 0 Å². The van der Waals surface area contributed by atoms with Crippen LogP contribution in [0.4, 0.5) is 5.69 Å². The third-order valence-electron chi connectivity index (χ3n) is 14.9. The quantitative estimate of drug-likeness (QED) is 0.146. The average molecular weight is 994 g/mol. The smallest absolute Gasteiger partial charge is 0.261 e. The lowest BCUT2D eigenvalue weighted by Crippen LogP contribution is -2.66. The first-order valence-corrected chi connectivity index (χ1v) is 29.2. The van der Waals surface area contributed by atoms with Crippen molar-refractivity contribution in [2.24, 2.45) is 0 Å². The number of hydrogen-bond acceptors (Lipinski definition) is 4. The Bertz CT molecular complexity index is 2970. The molecule has 2 aliphatic carbocycles. The highest BCUT2D eigenvalue weighted by molar-refractivity contribution is 9.10. The molecule has 0 aromatic heterocycles. The first kappa shape index (κ1) is 46.6. The molecular weight excluding hydrogens is 929 g/mol. The Morgan fingerprint density at radius 3 is 1.34 bits per heavy atom. The molecule has 7 heteroatoms. The van der Waals surface area contributed by atoms with Crippen LogP contribution in [0, 0.1) is 0 Å². The number of hydrogen-bond donors (Lipinski definition) is 1. The number of benzene rings is 8. The van der Waals surface area contributed by atoms with E-state index < -0.39 is 16.6 Å². The largest absolute Gasteiger partial charge is 0.400 e. The highest BCUT2D eigenvalue weighted by atomic mass is 79.9. The number of nitrogens with zero attached hydrogens (tertiary/aromatic N) is 1. The number of nitrogens with one attached hydrogen (secondary N) is 1. The highest BCUT2D eigenvalue weighted by Crippen LogP contribution is 2.48. The molecule has 3 aliphatic rings. The molecule has 1 saturated heterocycles. The monoisotopic (exact) mass is 992 g/mol. The summed E-state index contributed by atoms with van der Waals surface area (Å²) in [4.78, 5) is 2.56. The van der Waals surface area contributed by atoms with Gasteiger partial charge in [0.15, 0.2) is 0 Å². The molecule has 0 saturated carbocycles. The summed E-state index contributed by atoms with van der Waals surface area (Å²) >= 11 is 3.75. The van der Waals surface area contributed by atoms with Gasteiger partial charge < -0.3 is 19.1 Å². The van der Waals surface area contributed by atoms with Gasteiger partial charge in [0.25, 0.3) is 16.6 Å². The number of rotatable bonds is 9. The molecule has 1 fully saturated rings. The lowest BCUT2D eigenvalue weighted by molar-refractivity contribution is 0.197. The van der Waals surface area contributed by atoms with Crippen LogP contribution in [0.25, 0.3) is 21.5 Å². The fourth-order valence-corrected chi connectivity index (χ4v) is 21.7. The third kappa shape index (κ3) is 8.23. The standard InChI is InChI=1S/C33H38N2OSi.C28H27BrOSi/c1-24-23-35(21-20-34-24)30-19-18-25-22-31(29-17-11-16-28(30)32(25)29)36-37(33(2,3)4,26-12-7-5-8-13-26)27-14-9-6-10-15-27;1-28(2,3)31(21-11-6-4-7-12-21,22-13-8-5-9-14-22)30-26-19-20-17-18-25(29)23-15-10-16-24(26)27(20)23/h5-19,24,31,34H,20-23H2,1-4H3;4-18,26H,19H2,1-3H3/t24-,31?;/m1./s1. The summed E-state index contributed by atoms with van der Waals surface area (Å²) in [5, 5.41) is 14.3. The maximum absolute atomic E-state index is 7.63. The van der Waals surface area contributed by atoms with Crippen molar-refractivity contribution in [3.8, 4) is 0 Å². The van der Waals surface area contributed by atoms with Crippen LogP contribution in [0.1, 0.15) is 82.9 Å². The molecule has 1 N–H and O–H groups in total. The molecule has 4 nitrogen and oxygen atoms in total. The molecule has 8 aromatic rings. The van der Waals surface area contributed by atoms with Crippen LogP contribution in [-0.2, 0) is 21.7 Å². The van der Waals surface area contributed by atoms with Crippen molar-refractivity contribution >= 4 is 80.5 Å². The summed E-state index contributed by atoms with van der Waals surface area (Å²) < 4.78 is 16.2. The van der Waals surface area contributed by atoms with Gasteiger partial charge in [0.05, 0.1) is 12.2 Å². The molecule has 0 bridgehead atoms. The van der Waals surface area contributed by atoms with E-state index in [-0.39, 0.29) is 22.3 Å². The second kappa shape index (κ2) is 18.7. The normalized spacial score (nSPS) is 18.2. The summed E-state index contributed by atoms with van der Waals surface area (Å²) in [5.74, 6) is 0. The van der Waals surface area contributed by atoms with Gasteiger partial charge in [-0.2, -0.15) is 0 Å². The predicted octanol–water partition coefficient (Wildman–Crippen LogP) is 12.6. The average Bonchev–Trinajstić information content (AvgIpc) is 3.90. The van der Waals surface area contributed by atoms with Crippen LogP contribution in [0.2, 0.25) is 10.1 Å². The van der Waals surface area contributed by atoms with Gasteiger partial charge in [-0.3, -0.25) is 0 Å². The van der Waals surface area contributed by atoms with Crippen molar-refractivity contribution < 1.29 is 8.85 Å². The van der Waals surface area contributed by atoms with Crippen molar-refractivity contribution in [2.45, 2.75) is 89.6 Å². The maximum Gasteiger partial charge on any atom is 0.261 e. The Hall–Kier alpha value is -5.13. The lowest BCUT2D eigenvalue weighted by Gasteiger charge is -2.44. The van der Waals surface area contributed by atoms with Gasteiger partial charge in [-0.15, -0.1) is 0 Å². The van der Waals surface area contributed by atoms with Crippen molar-refractivity contribution in [1.82, 2.24) is 5.32 Å². The molecule has 1 aliphatic heterocycles. The summed E-state index contributed by atoms with van der Waals surface area (Å²) in [6.07, 6.45) is 1.95. The van der Waals surface area contributed by atoms with Gasteiger partial charge in [-0.25, -0.2) is 0 Å². The molecule has 0 amide bonds. The Labute approximate surface area is 415 Å². The number of halogens is 1. The van der Waals surface area contributed by atoms with Crippen LogP contribution in [0.3, 0.4) is 0 Å². The summed E-state index contributed by atoms with van der Waals surface area (Å²) in [7, 11) is -5.24. The first-order chi connectivity index (χ1) is 32.8. The van der Waals surface area contributed by atoms with Gasteiger partial charge in [0, 0.05) is 54.1 Å². The van der Waals surface area contributed by atoms with Crippen LogP contribution in [0.15, 0.2) is 186 Å². The van der Waals surface area contributed by atoms with E-state index in [0.717, 1.165) is 36.9 Å². The van der Waals surface area contributed by atoms with E-state index in [9.17, 15) is 0 Å². The van der Waals surface area contributed by atoms with E-state index in [1.807, 2.05) is 0 Å². The Morgan fingerprint density at radius 2 is 0.912 bits per heavy atom. The Morgan fingerprint density at radius 1 is 0.500 bits per heavy atom. The van der Waals surface area contributed by atoms with Crippen LogP contribution < -0.4 is 31.0 Å². The van der Waals surface area contributed by atoms with E-state index in [4.69, 9.17) is 8.85 Å². The van der Waals surface area contributed by atoms with E-state index in [0.29, 0.717) is 6.04 Å². The van der Waals surface area contributed by atoms with Gasteiger partial charge in [-0.1, -0.05) is 227 Å². The zero-order valence-electron chi connectivity index (χ0n) is 40.7. The molecule has 2 unspecified atom stereocenters. The molecule has 346 valence electrons. The van der Waals surface area contributed by atoms with Crippen molar-refractivity contribution in [1.29, 1.82) is 0 Å². The van der Waals surface area contributed by atoms with Crippen LogP contribution in [0.5, 0.6) is 0 Å². The molecule has 1 heterocycles. The number of anilines is 1. The zero-order valence-corrected chi connectivity index (χ0v) is 44.3. The fourth-order valence-electron chi connectivity index (χ4n) is 11.9. The van der Waals surface area contributed by atoms with Crippen LogP contribution in [-0.4, -0.2) is 42.3 Å². The highest BCUT2D eigenvalue weighted by Gasteiger charge is 2.53. The second-order valence-electron chi connectivity index (χ2n) is 21.2. The summed E-state index contributed by atoms with van der Waals surface area (Å²) in [5.41, 5.74) is 6.84. The SMILES string of the molecule is CC(C)(C)[Si](OC1Cc2ccc(Br)c3cccc1c23)(c1ccccc1)c1ccccc1.C[C@@H]1CN(c2ccc3c4c(cccc24)C(O[Si](c2ccccc2)(c2ccccc2)C(C)(C)C)C3)CCN1. The molecule has 0 radical (unpaired) electrons. The molecule has 68 heavy (non-hydrogen) atoms. The van der Waals surface area contributed by atoms with Crippen LogP contribution >= 0.6 is 15.9 Å². The minimum atomic E-state index is -2.64. The van der Waals surface area contributed by atoms with E-state index in [1.165, 1.54) is 70.2 Å². The predicted molar refractivity (Wildman–Crippen MR) is 296 cm³/mol. The zero-order chi connectivity index (χ0) is 47.3. The van der Waals surface area contributed by atoms with Crippen molar-refractivity contribution in [3.05, 3.63) is 209 Å². The molecular formula is C61H65BrN2O2Si2. The minimum absolute atomic E-state index is 0.0288. The topological polar surface area (TPSA) is 33.7 Å². The fraction of sp³-hybridized carbons (Fsp3) is 0.279. The van der Waals surface area contributed by atoms with Gasteiger partial charge in [0.2, 0.25) is 0 Å². The third-order valence-corrected chi connectivity index (χ3v) is 25.7. The number of piperazine rings is 1. The molecule has 3 atom stereocenters.